The van der Waals surface area contributed by atoms with Gasteiger partial charge in [0.05, 0.1) is 18.5 Å². The van der Waals surface area contributed by atoms with E-state index in [2.05, 4.69) is 35.1 Å². The zero-order valence-corrected chi connectivity index (χ0v) is 18.0. The number of unbranched alkanes of at least 4 members (excludes halogenated alkanes) is 8. The number of hydrogen-bond donors (Lipinski definition) is 2. The number of methoxy groups -OCH3 is 1. The Balaban J connectivity index is 1.44. The Hall–Kier alpha value is -2.49. The first kappa shape index (κ1) is 21.2. The molecule has 0 aliphatic carbocycles. The zero-order valence-electron chi connectivity index (χ0n) is 18.0. The largest absolute Gasteiger partial charge is 0.494 e. The van der Waals surface area contributed by atoms with Gasteiger partial charge in [0, 0.05) is 23.7 Å². The summed E-state index contributed by atoms with van der Waals surface area (Å²) in [6.45, 7) is 2.28. The van der Waals surface area contributed by atoms with E-state index in [1.54, 1.807) is 7.11 Å². The molecule has 0 amide bonds. The third-order valence-corrected chi connectivity index (χ3v) is 5.47. The summed E-state index contributed by atoms with van der Waals surface area (Å²) in [6.07, 6.45) is 19.3. The predicted molar refractivity (Wildman–Crippen MR) is 122 cm³/mol. The maximum Gasteiger partial charge on any atom is 0.146 e. The van der Waals surface area contributed by atoms with Crippen molar-refractivity contribution in [3.63, 3.8) is 0 Å². The number of hydrogen-bond acceptors (Lipinski definition) is 2. The number of aromatic amines is 2. The first-order valence-corrected chi connectivity index (χ1v) is 11.2. The molecular weight excluding hydrogens is 358 g/mol. The van der Waals surface area contributed by atoms with E-state index in [4.69, 9.17) is 9.73 Å². The van der Waals surface area contributed by atoms with Crippen LogP contribution in [0.2, 0.25) is 0 Å². The van der Waals surface area contributed by atoms with Gasteiger partial charge in [0.2, 0.25) is 0 Å². The molecule has 2 aromatic rings. The number of aromatic nitrogens is 2. The summed E-state index contributed by atoms with van der Waals surface area (Å²) in [5.41, 5.74) is 5.13. The highest BCUT2D eigenvalue weighted by Crippen LogP contribution is 2.24. The number of allylic oxidation sites excluding steroid dienone is 1. The average Bonchev–Trinajstić information content (AvgIpc) is 3.48. The molecule has 0 spiro atoms. The maximum atomic E-state index is 5.51. The Morgan fingerprint density at radius 1 is 0.966 bits per heavy atom. The monoisotopic (exact) mass is 393 g/mol. The fourth-order valence-electron chi connectivity index (χ4n) is 3.77. The standard InChI is InChI=1S/C25H35N3O/c1-3-4-5-6-7-8-9-10-11-13-20-15-16-21(27-20)18-24-25(29-2)19-23(28-24)22-14-12-17-26-22/h12,14-19,26-27H,3-11,13H2,1-2H3/b24-18-. The lowest BCUT2D eigenvalue weighted by molar-refractivity contribution is 0.303. The Bertz CT molecular complexity index is 824. The molecule has 156 valence electrons. The molecule has 0 unspecified atom stereocenters. The minimum Gasteiger partial charge on any atom is -0.494 e. The lowest BCUT2D eigenvalue weighted by Gasteiger charge is -2.02. The van der Waals surface area contributed by atoms with Crippen LogP contribution in [0.1, 0.15) is 81.8 Å². The molecule has 3 rings (SSSR count). The van der Waals surface area contributed by atoms with Crippen molar-refractivity contribution in [1.82, 2.24) is 9.97 Å². The third-order valence-electron chi connectivity index (χ3n) is 5.47. The predicted octanol–water partition coefficient (Wildman–Crippen LogP) is 6.79. The number of nitrogens with zero attached hydrogens (tertiary/aromatic N) is 1. The van der Waals surface area contributed by atoms with Crippen LogP contribution in [0.5, 0.6) is 0 Å². The van der Waals surface area contributed by atoms with Gasteiger partial charge in [-0.1, -0.05) is 58.3 Å². The number of nitrogens with one attached hydrogen (secondary N) is 2. The number of aliphatic imine (C=N–C) groups is 1. The van der Waals surface area contributed by atoms with E-state index >= 15 is 0 Å². The molecule has 29 heavy (non-hydrogen) atoms. The summed E-state index contributed by atoms with van der Waals surface area (Å²) in [4.78, 5) is 11.4. The number of aryl methyl sites for hydroxylation is 1. The van der Waals surface area contributed by atoms with E-state index in [0.29, 0.717) is 0 Å². The van der Waals surface area contributed by atoms with Gasteiger partial charge in [0.25, 0.3) is 0 Å². The molecule has 1 aliphatic heterocycles. The number of rotatable bonds is 13. The molecule has 4 nitrogen and oxygen atoms in total. The van der Waals surface area contributed by atoms with Gasteiger partial charge in [-0.2, -0.15) is 0 Å². The highest BCUT2D eigenvalue weighted by Gasteiger charge is 2.17. The molecule has 2 N–H and O–H groups in total. The summed E-state index contributed by atoms with van der Waals surface area (Å²) in [6, 6.07) is 8.32. The van der Waals surface area contributed by atoms with E-state index < -0.39 is 0 Å². The number of H-pyrrole nitrogens is 2. The van der Waals surface area contributed by atoms with Crippen LogP contribution in [-0.4, -0.2) is 22.8 Å². The quantitative estimate of drug-likeness (QED) is 0.362. The maximum absolute atomic E-state index is 5.51. The van der Waals surface area contributed by atoms with Crippen molar-refractivity contribution in [2.45, 2.75) is 71.1 Å². The van der Waals surface area contributed by atoms with Crippen molar-refractivity contribution in [3.05, 3.63) is 65.1 Å². The first-order valence-electron chi connectivity index (χ1n) is 11.2. The molecule has 2 aromatic heterocycles. The van der Waals surface area contributed by atoms with Gasteiger partial charge in [-0.3, -0.25) is 0 Å². The molecular formula is C25H35N3O. The van der Waals surface area contributed by atoms with Crippen molar-refractivity contribution in [3.8, 4) is 0 Å². The van der Waals surface area contributed by atoms with Crippen LogP contribution in [0.3, 0.4) is 0 Å². The van der Waals surface area contributed by atoms with E-state index in [-0.39, 0.29) is 0 Å². The molecule has 3 heterocycles. The Labute approximate surface area is 175 Å². The Morgan fingerprint density at radius 3 is 2.41 bits per heavy atom. The summed E-state index contributed by atoms with van der Waals surface area (Å²) in [5, 5.41) is 0. The van der Waals surface area contributed by atoms with Crippen molar-refractivity contribution in [2.75, 3.05) is 7.11 Å². The summed E-state index contributed by atoms with van der Waals surface area (Å²) in [5.74, 6) is 0.796. The molecule has 0 saturated carbocycles. The fourth-order valence-corrected chi connectivity index (χ4v) is 3.77. The Kier molecular flexibility index (Phi) is 8.41. The van der Waals surface area contributed by atoms with Crippen LogP contribution in [0.4, 0.5) is 0 Å². The smallest absolute Gasteiger partial charge is 0.146 e. The van der Waals surface area contributed by atoms with Crippen molar-refractivity contribution < 1.29 is 4.74 Å². The highest BCUT2D eigenvalue weighted by molar-refractivity contribution is 6.11. The van der Waals surface area contributed by atoms with Crippen LogP contribution in [0, 0.1) is 0 Å². The van der Waals surface area contributed by atoms with Gasteiger partial charge in [-0.15, -0.1) is 0 Å². The summed E-state index contributed by atoms with van der Waals surface area (Å²) < 4.78 is 5.51. The molecule has 0 atom stereocenters. The second-order valence-corrected chi connectivity index (χ2v) is 7.84. The summed E-state index contributed by atoms with van der Waals surface area (Å²) in [7, 11) is 1.69. The fraction of sp³-hybridized carbons (Fsp3) is 0.480. The molecule has 0 aromatic carbocycles. The minimum absolute atomic E-state index is 0.796. The van der Waals surface area contributed by atoms with Crippen LogP contribution >= 0.6 is 0 Å². The second kappa shape index (κ2) is 11.5. The zero-order chi connectivity index (χ0) is 20.3. The van der Waals surface area contributed by atoms with Crippen molar-refractivity contribution >= 4 is 11.8 Å². The molecule has 0 bridgehead atoms. The normalized spacial score (nSPS) is 15.0. The Morgan fingerprint density at radius 2 is 1.72 bits per heavy atom. The van der Waals surface area contributed by atoms with Gasteiger partial charge in [0.1, 0.15) is 11.5 Å². The SMILES string of the molecule is CCCCCCCCCCCc1ccc(/C=C2\N=C(c3ccc[nH]3)C=C2OC)[nH]1. The van der Waals surface area contributed by atoms with Gasteiger partial charge in [-0.05, 0) is 43.2 Å². The molecule has 1 aliphatic rings. The van der Waals surface area contributed by atoms with Gasteiger partial charge < -0.3 is 14.7 Å². The van der Waals surface area contributed by atoms with Crippen LogP contribution in [0.25, 0.3) is 6.08 Å². The molecule has 4 heteroatoms. The second-order valence-electron chi connectivity index (χ2n) is 7.84. The van der Waals surface area contributed by atoms with Crippen LogP contribution in [-0.2, 0) is 11.2 Å². The van der Waals surface area contributed by atoms with E-state index in [1.807, 2.05) is 24.4 Å². The van der Waals surface area contributed by atoms with Gasteiger partial charge >= 0.3 is 0 Å². The van der Waals surface area contributed by atoms with E-state index in [9.17, 15) is 0 Å². The van der Waals surface area contributed by atoms with Crippen LogP contribution in [0.15, 0.2) is 53.0 Å². The summed E-state index contributed by atoms with van der Waals surface area (Å²) >= 11 is 0. The van der Waals surface area contributed by atoms with E-state index in [0.717, 1.165) is 35.0 Å². The lowest BCUT2D eigenvalue weighted by atomic mass is 10.1. The van der Waals surface area contributed by atoms with Gasteiger partial charge in [-0.25, -0.2) is 4.99 Å². The van der Waals surface area contributed by atoms with E-state index in [1.165, 1.54) is 63.5 Å². The third kappa shape index (κ3) is 6.52. The molecule has 0 radical (unpaired) electrons. The molecule has 0 saturated heterocycles. The minimum atomic E-state index is 0.796. The topological polar surface area (TPSA) is 53.2 Å². The number of ether oxygens (including phenoxy) is 1. The van der Waals surface area contributed by atoms with Gasteiger partial charge in [0.15, 0.2) is 0 Å². The lowest BCUT2D eigenvalue weighted by Crippen LogP contribution is -1.93. The van der Waals surface area contributed by atoms with Crippen LogP contribution < -0.4 is 0 Å². The average molecular weight is 394 g/mol. The van der Waals surface area contributed by atoms with Crippen molar-refractivity contribution in [2.24, 2.45) is 4.99 Å². The highest BCUT2D eigenvalue weighted by atomic mass is 16.5. The molecule has 0 fully saturated rings. The van der Waals surface area contributed by atoms with Crippen molar-refractivity contribution in [1.29, 1.82) is 0 Å². The first-order chi connectivity index (χ1) is 14.3.